The molecular weight excluding hydrogens is 677 g/mol. The maximum absolute atomic E-state index is 13.8. The number of esters is 1. The molecule has 0 radical (unpaired) electrons. The van der Waals surface area contributed by atoms with Crippen LogP contribution in [0, 0.1) is 17.8 Å². The second-order valence-corrected chi connectivity index (χ2v) is 14.7. The number of allylic oxidation sites excluding steroid dienone is 2. The first kappa shape index (κ1) is 42.1. The van der Waals surface area contributed by atoms with Gasteiger partial charge in [0.05, 0.1) is 30.5 Å². The predicted molar refractivity (Wildman–Crippen MR) is 215 cm³/mol. The molecule has 290 valence electrons. The number of aliphatic hydroxyl groups excluding tert-OH is 1. The summed E-state index contributed by atoms with van der Waals surface area (Å²) >= 11 is 0. The molecule has 0 aliphatic heterocycles. The van der Waals surface area contributed by atoms with E-state index in [4.69, 9.17) is 9.47 Å². The van der Waals surface area contributed by atoms with Crippen molar-refractivity contribution < 1.29 is 29.0 Å². The number of unbranched alkanes of at least 4 members (excludes halogenated alkanes) is 1. The van der Waals surface area contributed by atoms with Gasteiger partial charge < -0.3 is 25.2 Å². The Morgan fingerprint density at radius 3 is 2.09 bits per heavy atom. The van der Waals surface area contributed by atoms with Crippen molar-refractivity contribution in [2.75, 3.05) is 13.2 Å². The summed E-state index contributed by atoms with van der Waals surface area (Å²) in [5, 5.41) is 16.2. The van der Waals surface area contributed by atoms with E-state index in [-0.39, 0.29) is 49.4 Å². The lowest BCUT2D eigenvalue weighted by Crippen LogP contribution is -2.45. The van der Waals surface area contributed by atoms with E-state index in [9.17, 15) is 19.5 Å². The number of nitrogens with one attached hydrogen (secondary N) is 2. The number of benzene rings is 3. The minimum Gasteiger partial charge on any atom is -0.489 e. The predicted octanol–water partition coefficient (Wildman–Crippen LogP) is 8.08. The summed E-state index contributed by atoms with van der Waals surface area (Å²) in [6, 6.07) is 26.6. The van der Waals surface area contributed by atoms with Gasteiger partial charge in [-0.25, -0.2) is 0 Å². The average Bonchev–Trinajstić information content (AvgIpc) is 3.20. The summed E-state index contributed by atoms with van der Waals surface area (Å²) in [7, 11) is 0. The zero-order chi connectivity index (χ0) is 38.4. The zero-order valence-corrected chi connectivity index (χ0v) is 31.8. The Bertz CT molecular complexity index is 1560. The largest absolute Gasteiger partial charge is 0.489 e. The summed E-state index contributed by atoms with van der Waals surface area (Å²) < 4.78 is 11.9. The Kier molecular flexibility index (Phi) is 18.6. The van der Waals surface area contributed by atoms with Gasteiger partial charge in [0.2, 0.25) is 11.8 Å². The van der Waals surface area contributed by atoms with E-state index in [1.54, 1.807) is 6.08 Å². The maximum atomic E-state index is 13.8. The second kappa shape index (κ2) is 23.9. The minimum atomic E-state index is -0.655. The highest BCUT2D eigenvalue weighted by atomic mass is 16.5. The lowest BCUT2D eigenvalue weighted by Gasteiger charge is -2.29. The molecular formula is C46H60N2O6. The van der Waals surface area contributed by atoms with E-state index in [1.807, 2.05) is 91.0 Å². The molecule has 4 atom stereocenters. The van der Waals surface area contributed by atoms with Gasteiger partial charge in [0, 0.05) is 6.42 Å². The van der Waals surface area contributed by atoms with Crippen LogP contribution >= 0.6 is 0 Å². The second-order valence-electron chi connectivity index (χ2n) is 14.7. The fourth-order valence-electron chi connectivity index (χ4n) is 7.23. The number of amides is 2. The van der Waals surface area contributed by atoms with Crippen LogP contribution in [0.2, 0.25) is 0 Å². The van der Waals surface area contributed by atoms with Crippen molar-refractivity contribution in [1.29, 1.82) is 0 Å². The molecule has 4 rings (SSSR count). The fraction of sp³-hybridized carbons (Fsp3) is 0.457. The van der Waals surface area contributed by atoms with Gasteiger partial charge in [-0.1, -0.05) is 117 Å². The van der Waals surface area contributed by atoms with Crippen molar-refractivity contribution in [3.8, 4) is 5.75 Å². The van der Waals surface area contributed by atoms with E-state index in [0.29, 0.717) is 44.6 Å². The summed E-state index contributed by atoms with van der Waals surface area (Å²) in [4.78, 5) is 40.6. The van der Waals surface area contributed by atoms with Gasteiger partial charge in [-0.3, -0.25) is 14.4 Å². The highest BCUT2D eigenvalue weighted by molar-refractivity contribution is 5.86. The lowest BCUT2D eigenvalue weighted by molar-refractivity contribution is -0.150. The first-order chi connectivity index (χ1) is 26.4. The first-order valence-corrected chi connectivity index (χ1v) is 19.7. The zero-order valence-electron chi connectivity index (χ0n) is 31.8. The molecule has 2 amide bonds. The van der Waals surface area contributed by atoms with Crippen LogP contribution in [0.5, 0.6) is 5.75 Å². The van der Waals surface area contributed by atoms with Crippen molar-refractivity contribution in [2.45, 2.75) is 102 Å². The van der Waals surface area contributed by atoms with Crippen molar-refractivity contribution in [3.05, 3.63) is 127 Å². The third-order valence-corrected chi connectivity index (χ3v) is 10.2. The van der Waals surface area contributed by atoms with E-state index >= 15 is 0 Å². The van der Waals surface area contributed by atoms with E-state index in [1.165, 1.54) is 6.42 Å². The molecule has 0 spiro atoms. The van der Waals surface area contributed by atoms with E-state index in [0.717, 1.165) is 61.0 Å². The van der Waals surface area contributed by atoms with Crippen molar-refractivity contribution in [3.63, 3.8) is 0 Å². The molecule has 0 saturated heterocycles. The molecule has 1 fully saturated rings. The molecule has 3 N–H and O–H groups in total. The van der Waals surface area contributed by atoms with Crippen LogP contribution in [0.3, 0.4) is 0 Å². The summed E-state index contributed by atoms with van der Waals surface area (Å²) in [6.45, 7) is 7.97. The number of hydrogen-bond acceptors (Lipinski definition) is 6. The average molecular weight is 737 g/mol. The Labute approximate surface area is 322 Å². The number of hydrogen-bond donors (Lipinski definition) is 3. The molecule has 0 aromatic heterocycles. The van der Waals surface area contributed by atoms with Gasteiger partial charge in [0.15, 0.2) is 0 Å². The van der Waals surface area contributed by atoms with Gasteiger partial charge in [0.1, 0.15) is 19.0 Å². The van der Waals surface area contributed by atoms with Gasteiger partial charge >= 0.3 is 5.97 Å². The van der Waals surface area contributed by atoms with Crippen LogP contribution in [-0.2, 0) is 38.6 Å². The number of carbonyl (C=O) groups excluding carboxylic acids is 3. The molecule has 54 heavy (non-hydrogen) atoms. The smallest absolute Gasteiger partial charge is 0.309 e. The number of rotatable bonds is 24. The molecule has 8 nitrogen and oxygen atoms in total. The molecule has 1 aliphatic rings. The van der Waals surface area contributed by atoms with Crippen LogP contribution in [0.1, 0.15) is 87.3 Å². The highest BCUT2D eigenvalue weighted by Crippen LogP contribution is 2.28. The molecule has 1 saturated carbocycles. The molecule has 0 bridgehead atoms. The van der Waals surface area contributed by atoms with Crippen LogP contribution in [0.25, 0.3) is 0 Å². The highest BCUT2D eigenvalue weighted by Gasteiger charge is 2.28. The molecule has 0 heterocycles. The van der Waals surface area contributed by atoms with Gasteiger partial charge in [-0.05, 0) is 79.7 Å². The normalized spacial score (nSPS) is 15.2. The summed E-state index contributed by atoms with van der Waals surface area (Å²) in [5.41, 5.74) is 3.10. The van der Waals surface area contributed by atoms with Crippen molar-refractivity contribution in [2.24, 2.45) is 17.8 Å². The first-order valence-electron chi connectivity index (χ1n) is 19.7. The van der Waals surface area contributed by atoms with Crippen molar-refractivity contribution >= 4 is 17.8 Å². The molecule has 3 aromatic carbocycles. The molecule has 8 heteroatoms. The Morgan fingerprint density at radius 2 is 1.44 bits per heavy atom. The quantitative estimate of drug-likeness (QED) is 0.0487. The SMILES string of the molecule is C=CCCC[C@H](Cc1ccccc1)C(=O)OC[C@H](CC1CCCCC1)NC(=O)[C@H](CC=C)CC(=O)N[C@H](CO)Cc1ccc(OCc2ccccc2)cc1. The Hall–Kier alpha value is -4.69. The molecule has 0 unspecified atom stereocenters. The van der Waals surface area contributed by atoms with Crippen molar-refractivity contribution in [1.82, 2.24) is 10.6 Å². The van der Waals surface area contributed by atoms with Crippen LogP contribution < -0.4 is 15.4 Å². The van der Waals surface area contributed by atoms with E-state index < -0.39 is 12.0 Å². The van der Waals surface area contributed by atoms with E-state index in [2.05, 4.69) is 23.8 Å². The standard InChI is InChI=1S/C46H60N2O6/c1-3-5-9-23-40(28-35-17-10-6-11-18-35)46(52)54-34-42(30-36-19-12-7-13-20-36)48-45(51)39(16-4-2)31-44(50)47-41(32-49)29-37-24-26-43(27-25-37)53-33-38-21-14-8-15-22-38/h3-4,6,8,10-11,14-15,17-18,21-22,24-27,36,39-42,49H,1-2,5,7,9,12-13,16,19-20,23,28-34H2,(H,47,50)(H,48,51)/t39-,40-,41+,42+/m1/s1. The van der Waals surface area contributed by atoms with Crippen LogP contribution in [0.4, 0.5) is 0 Å². The number of carbonyl (C=O) groups is 3. The third-order valence-electron chi connectivity index (χ3n) is 10.2. The Balaban J connectivity index is 1.33. The monoisotopic (exact) mass is 736 g/mol. The van der Waals surface area contributed by atoms with Gasteiger partial charge in [-0.15, -0.1) is 13.2 Å². The van der Waals surface area contributed by atoms with Crippen LogP contribution in [0.15, 0.2) is 110 Å². The van der Waals surface area contributed by atoms with Crippen LogP contribution in [-0.4, -0.2) is 48.2 Å². The minimum absolute atomic E-state index is 0.0565. The maximum Gasteiger partial charge on any atom is 0.309 e. The summed E-state index contributed by atoms with van der Waals surface area (Å²) in [5.74, 6) is -0.614. The lowest BCUT2D eigenvalue weighted by atomic mass is 9.84. The molecule has 3 aromatic rings. The number of aliphatic hydroxyl groups is 1. The fourth-order valence-corrected chi connectivity index (χ4v) is 7.23. The van der Waals surface area contributed by atoms with Gasteiger partial charge in [-0.2, -0.15) is 0 Å². The third kappa shape index (κ3) is 15.3. The van der Waals surface area contributed by atoms with Gasteiger partial charge in [0.25, 0.3) is 0 Å². The molecule has 1 aliphatic carbocycles. The Morgan fingerprint density at radius 1 is 0.778 bits per heavy atom. The summed E-state index contributed by atoms with van der Waals surface area (Å²) in [6.07, 6.45) is 13.6. The number of ether oxygens (including phenoxy) is 2. The topological polar surface area (TPSA) is 114 Å².